The third kappa shape index (κ3) is 1.64. The molecule has 4 heterocycles. The van der Waals surface area contributed by atoms with Crippen LogP contribution in [0.4, 0.5) is 0 Å². The zero-order chi connectivity index (χ0) is 16.5. The van der Waals surface area contributed by atoms with E-state index in [0.29, 0.717) is 23.7 Å². The lowest BCUT2D eigenvalue weighted by Gasteiger charge is -2.28. The number of fused-ring (bicyclic) bond motifs is 7. The maximum Gasteiger partial charge on any atom is 0.231 e. The van der Waals surface area contributed by atoms with Gasteiger partial charge in [-0.05, 0) is 18.2 Å². The van der Waals surface area contributed by atoms with Crippen LogP contribution in [0.15, 0.2) is 34.9 Å². The van der Waals surface area contributed by atoms with Crippen molar-refractivity contribution < 1.29 is 28.1 Å². The predicted molar refractivity (Wildman–Crippen MR) is 86.9 cm³/mol. The Balaban J connectivity index is 1.52. The van der Waals surface area contributed by atoms with Crippen LogP contribution >= 0.6 is 0 Å². The van der Waals surface area contributed by atoms with Gasteiger partial charge in [-0.15, -0.1) is 0 Å². The molecule has 0 saturated heterocycles. The second-order valence-corrected chi connectivity index (χ2v) is 6.37. The summed E-state index contributed by atoms with van der Waals surface area (Å²) < 4.78 is 34.4. The number of methoxy groups -OCH3 is 1. The van der Waals surface area contributed by atoms with Gasteiger partial charge < -0.3 is 28.1 Å². The first-order valence-electron chi connectivity index (χ1n) is 8.14. The molecule has 0 N–H and O–H groups in total. The molecule has 3 aliphatic rings. The largest absolute Gasteiger partial charge is 0.490 e. The molecular formula is C19H14O6. The third-order valence-corrected chi connectivity index (χ3v) is 5.12. The first kappa shape index (κ1) is 13.3. The summed E-state index contributed by atoms with van der Waals surface area (Å²) in [6, 6.07) is 7.88. The van der Waals surface area contributed by atoms with Gasteiger partial charge in [-0.1, -0.05) is 0 Å². The lowest BCUT2D eigenvalue weighted by molar-refractivity contribution is 0.135. The molecule has 2 atom stereocenters. The first-order valence-corrected chi connectivity index (χ1v) is 8.14. The first-order chi connectivity index (χ1) is 12.3. The van der Waals surface area contributed by atoms with Crippen molar-refractivity contribution in [1.82, 2.24) is 0 Å². The molecule has 6 heteroatoms. The fourth-order valence-electron chi connectivity index (χ4n) is 3.97. The van der Waals surface area contributed by atoms with E-state index in [1.165, 1.54) is 0 Å². The fraction of sp³-hybridized carbons (Fsp3) is 0.263. The highest BCUT2D eigenvalue weighted by Crippen LogP contribution is 2.56. The molecule has 2 aromatic carbocycles. The Bertz CT molecular complexity index is 1020. The van der Waals surface area contributed by atoms with E-state index in [-0.39, 0.29) is 18.8 Å². The Morgan fingerprint density at radius 1 is 1.00 bits per heavy atom. The van der Waals surface area contributed by atoms with Crippen molar-refractivity contribution in [1.29, 1.82) is 0 Å². The molecule has 6 rings (SSSR count). The monoisotopic (exact) mass is 338 g/mol. The van der Waals surface area contributed by atoms with E-state index in [9.17, 15) is 0 Å². The topological polar surface area (TPSA) is 59.3 Å². The van der Waals surface area contributed by atoms with E-state index in [4.69, 9.17) is 28.1 Å². The third-order valence-electron chi connectivity index (χ3n) is 5.12. The summed E-state index contributed by atoms with van der Waals surface area (Å²) in [6.45, 7) is 0.758. The van der Waals surface area contributed by atoms with Gasteiger partial charge in [0.05, 0.1) is 25.9 Å². The van der Waals surface area contributed by atoms with E-state index >= 15 is 0 Å². The van der Waals surface area contributed by atoms with Crippen LogP contribution in [0.3, 0.4) is 0 Å². The Hall–Kier alpha value is -3.02. The molecule has 0 radical (unpaired) electrons. The van der Waals surface area contributed by atoms with Crippen molar-refractivity contribution in [3.63, 3.8) is 0 Å². The minimum atomic E-state index is -0.130. The zero-order valence-corrected chi connectivity index (χ0v) is 13.4. The molecule has 25 heavy (non-hydrogen) atoms. The van der Waals surface area contributed by atoms with Crippen molar-refractivity contribution >= 4 is 11.0 Å². The Kier molecular flexibility index (Phi) is 2.41. The standard InChI is InChI=1S/C19H14O6/c1-20-19-16-9(2-3-21-16)4-11-17-12(7-22-18(11)19)10-5-14-15(24-8-23-14)6-13(10)25-17/h2-6,12,17H,7-8H2,1H3/t12-,17-/m0/s1. The number of hydrogen-bond donors (Lipinski definition) is 0. The van der Waals surface area contributed by atoms with Crippen LogP contribution in [0.1, 0.15) is 23.1 Å². The van der Waals surface area contributed by atoms with Crippen molar-refractivity contribution in [2.75, 3.05) is 20.5 Å². The van der Waals surface area contributed by atoms with Gasteiger partial charge in [0.1, 0.15) is 11.9 Å². The van der Waals surface area contributed by atoms with Crippen molar-refractivity contribution in [3.05, 3.63) is 41.7 Å². The molecule has 126 valence electrons. The number of ether oxygens (including phenoxy) is 5. The van der Waals surface area contributed by atoms with Crippen molar-refractivity contribution in [3.8, 4) is 28.7 Å². The van der Waals surface area contributed by atoms with Crippen LogP contribution in [0, 0.1) is 0 Å². The fourth-order valence-corrected chi connectivity index (χ4v) is 3.97. The van der Waals surface area contributed by atoms with Crippen molar-refractivity contribution in [2.45, 2.75) is 12.0 Å². The average molecular weight is 338 g/mol. The lowest BCUT2D eigenvalue weighted by Crippen LogP contribution is -2.23. The zero-order valence-electron chi connectivity index (χ0n) is 13.4. The molecule has 6 nitrogen and oxygen atoms in total. The Morgan fingerprint density at radius 2 is 1.88 bits per heavy atom. The number of furan rings is 1. The van der Waals surface area contributed by atoms with Crippen LogP contribution in [0.5, 0.6) is 28.7 Å². The molecule has 0 aliphatic carbocycles. The normalized spacial score (nSPS) is 22.0. The van der Waals surface area contributed by atoms with E-state index in [1.807, 2.05) is 18.2 Å². The van der Waals surface area contributed by atoms with Crippen LogP contribution in [0.25, 0.3) is 11.0 Å². The van der Waals surface area contributed by atoms with Crippen LogP contribution in [-0.2, 0) is 0 Å². The molecular weight excluding hydrogens is 324 g/mol. The molecule has 0 unspecified atom stereocenters. The van der Waals surface area contributed by atoms with Crippen LogP contribution in [0.2, 0.25) is 0 Å². The minimum Gasteiger partial charge on any atom is -0.490 e. The summed E-state index contributed by atoms with van der Waals surface area (Å²) in [4.78, 5) is 0. The molecule has 1 aromatic heterocycles. The van der Waals surface area contributed by atoms with Gasteiger partial charge in [0, 0.05) is 22.6 Å². The summed E-state index contributed by atoms with van der Waals surface area (Å²) >= 11 is 0. The van der Waals surface area contributed by atoms with E-state index < -0.39 is 0 Å². The molecule has 0 spiro atoms. The second kappa shape index (κ2) is 4.53. The Labute approximate surface area is 142 Å². The number of rotatable bonds is 1. The van der Waals surface area contributed by atoms with Gasteiger partial charge in [0.25, 0.3) is 0 Å². The highest BCUT2D eigenvalue weighted by atomic mass is 16.7. The maximum absolute atomic E-state index is 6.29. The molecule has 0 amide bonds. The summed E-state index contributed by atoms with van der Waals surface area (Å²) in [6.07, 6.45) is 1.52. The van der Waals surface area contributed by atoms with Crippen LogP contribution in [-0.4, -0.2) is 20.5 Å². The van der Waals surface area contributed by atoms with Gasteiger partial charge >= 0.3 is 0 Å². The van der Waals surface area contributed by atoms with Crippen molar-refractivity contribution in [2.24, 2.45) is 0 Å². The Morgan fingerprint density at radius 3 is 2.76 bits per heavy atom. The van der Waals surface area contributed by atoms with E-state index in [1.54, 1.807) is 13.4 Å². The van der Waals surface area contributed by atoms with Gasteiger partial charge in [-0.3, -0.25) is 0 Å². The highest BCUT2D eigenvalue weighted by Gasteiger charge is 2.43. The average Bonchev–Trinajstić information content (AvgIpc) is 3.34. The number of hydrogen-bond acceptors (Lipinski definition) is 6. The quantitative estimate of drug-likeness (QED) is 0.673. The summed E-state index contributed by atoms with van der Waals surface area (Å²) in [5.41, 5.74) is 2.75. The van der Waals surface area contributed by atoms with Gasteiger partial charge in [-0.25, -0.2) is 0 Å². The summed E-state index contributed by atoms with van der Waals surface area (Å²) in [7, 11) is 1.62. The van der Waals surface area contributed by atoms with E-state index in [2.05, 4.69) is 6.07 Å². The summed E-state index contributed by atoms with van der Waals surface area (Å²) in [5.74, 6) is 3.72. The molecule has 3 aliphatic heterocycles. The molecule has 0 fully saturated rings. The molecule has 3 aromatic rings. The second-order valence-electron chi connectivity index (χ2n) is 6.37. The van der Waals surface area contributed by atoms with Gasteiger partial charge in [0.2, 0.25) is 12.5 Å². The maximum atomic E-state index is 6.29. The molecule has 0 bridgehead atoms. The molecule has 0 saturated carbocycles. The number of benzene rings is 2. The highest BCUT2D eigenvalue weighted by molar-refractivity contribution is 5.88. The van der Waals surface area contributed by atoms with E-state index in [0.717, 1.165) is 33.8 Å². The van der Waals surface area contributed by atoms with Crippen LogP contribution < -0.4 is 23.7 Å². The van der Waals surface area contributed by atoms with Gasteiger partial charge in [-0.2, -0.15) is 0 Å². The lowest BCUT2D eigenvalue weighted by atomic mass is 9.88. The van der Waals surface area contributed by atoms with Gasteiger partial charge in [0.15, 0.2) is 22.8 Å². The smallest absolute Gasteiger partial charge is 0.231 e. The SMILES string of the molecule is COc1c2c(cc3ccoc13)[C@@H]1Oc3cc4c(cc3[C@@H]1CO2)OCO4. The minimum absolute atomic E-state index is 0.103. The predicted octanol–water partition coefficient (Wildman–Crippen LogP) is 3.78. The summed E-state index contributed by atoms with van der Waals surface area (Å²) in [5, 5.41) is 0.966.